The van der Waals surface area contributed by atoms with Crippen LogP contribution >= 0.6 is 0 Å². The van der Waals surface area contributed by atoms with Crippen LogP contribution in [0.15, 0.2) is 30.3 Å². The van der Waals surface area contributed by atoms with Crippen molar-refractivity contribution in [3.63, 3.8) is 0 Å². The number of hydrogen-bond donors (Lipinski definition) is 1. The summed E-state index contributed by atoms with van der Waals surface area (Å²) in [7, 11) is 1.64. The summed E-state index contributed by atoms with van der Waals surface area (Å²) in [6.45, 7) is 1.00. The summed E-state index contributed by atoms with van der Waals surface area (Å²) in [5, 5.41) is 1.80. The number of rotatable bonds is 5. The third kappa shape index (κ3) is 3.32. The summed E-state index contributed by atoms with van der Waals surface area (Å²) in [4.78, 5) is 17.8. The standard InChI is InChI=1S/C17H24N2O3/c1-21-19-10-9-14(15(16(19)18)13-7-8-13)17(20)22-11-12-5-3-2-4-6-12/h2-6,13-16H,7-11,18H2,1H3. The summed E-state index contributed by atoms with van der Waals surface area (Å²) >= 11 is 0. The maximum absolute atomic E-state index is 12.5. The number of hydrogen-bond acceptors (Lipinski definition) is 5. The number of ether oxygens (including phenoxy) is 1. The molecule has 0 bridgehead atoms. The second-order valence-electron chi connectivity index (χ2n) is 6.22. The lowest BCUT2D eigenvalue weighted by molar-refractivity contribution is -0.206. The van der Waals surface area contributed by atoms with Crippen molar-refractivity contribution in [1.29, 1.82) is 0 Å². The predicted molar refractivity (Wildman–Crippen MR) is 82.2 cm³/mol. The average Bonchev–Trinajstić information content (AvgIpc) is 3.38. The normalized spacial score (nSPS) is 29.3. The molecule has 5 nitrogen and oxygen atoms in total. The zero-order valence-electron chi connectivity index (χ0n) is 13.0. The van der Waals surface area contributed by atoms with Crippen molar-refractivity contribution < 1.29 is 14.4 Å². The summed E-state index contributed by atoms with van der Waals surface area (Å²) in [5.41, 5.74) is 7.31. The minimum absolute atomic E-state index is 0.113. The molecule has 1 heterocycles. The van der Waals surface area contributed by atoms with E-state index in [0.29, 0.717) is 19.1 Å². The van der Waals surface area contributed by atoms with E-state index in [1.165, 1.54) is 0 Å². The molecular weight excluding hydrogens is 280 g/mol. The number of nitrogens with zero attached hydrogens (tertiary/aromatic N) is 1. The number of esters is 1. The van der Waals surface area contributed by atoms with Crippen LogP contribution in [-0.2, 0) is 21.0 Å². The van der Waals surface area contributed by atoms with Gasteiger partial charge in [-0.25, -0.2) is 0 Å². The van der Waals surface area contributed by atoms with Crippen molar-refractivity contribution in [2.45, 2.75) is 32.0 Å². The summed E-state index contributed by atoms with van der Waals surface area (Å²) in [6.07, 6.45) is 2.83. The first kappa shape index (κ1) is 15.5. The summed E-state index contributed by atoms with van der Waals surface area (Å²) < 4.78 is 5.54. The van der Waals surface area contributed by atoms with Crippen molar-refractivity contribution in [2.75, 3.05) is 13.7 Å². The monoisotopic (exact) mass is 304 g/mol. The predicted octanol–water partition coefficient (Wildman–Crippen LogP) is 1.92. The molecule has 120 valence electrons. The number of benzene rings is 1. The number of piperidine rings is 1. The molecular formula is C17H24N2O3. The molecule has 0 aromatic heterocycles. The quantitative estimate of drug-likeness (QED) is 0.842. The average molecular weight is 304 g/mol. The Morgan fingerprint density at radius 3 is 2.64 bits per heavy atom. The van der Waals surface area contributed by atoms with Gasteiger partial charge in [0, 0.05) is 12.5 Å². The minimum atomic E-state index is -0.222. The lowest BCUT2D eigenvalue weighted by Crippen LogP contribution is -2.56. The van der Waals surface area contributed by atoms with Gasteiger partial charge in [-0.1, -0.05) is 30.3 Å². The second kappa shape index (κ2) is 6.77. The fourth-order valence-corrected chi connectivity index (χ4v) is 3.45. The van der Waals surface area contributed by atoms with Gasteiger partial charge >= 0.3 is 5.97 Å². The number of carbonyl (C=O) groups excluding carboxylic acids is 1. The molecule has 22 heavy (non-hydrogen) atoms. The summed E-state index contributed by atoms with van der Waals surface area (Å²) in [6, 6.07) is 9.77. The first-order valence-electron chi connectivity index (χ1n) is 7.97. The Labute approximate surface area is 131 Å². The van der Waals surface area contributed by atoms with Crippen LogP contribution in [0.5, 0.6) is 0 Å². The molecule has 1 saturated carbocycles. The molecule has 1 saturated heterocycles. The maximum atomic E-state index is 12.5. The SMILES string of the molecule is CON1CCC(C(=O)OCc2ccccc2)C(C2CC2)C1N. The minimum Gasteiger partial charge on any atom is -0.461 e. The van der Waals surface area contributed by atoms with Crippen LogP contribution in [-0.4, -0.2) is 30.9 Å². The van der Waals surface area contributed by atoms with Gasteiger partial charge in [0.25, 0.3) is 0 Å². The van der Waals surface area contributed by atoms with E-state index in [1.807, 2.05) is 30.3 Å². The van der Waals surface area contributed by atoms with Crippen LogP contribution < -0.4 is 5.73 Å². The smallest absolute Gasteiger partial charge is 0.309 e. The molecule has 0 spiro atoms. The van der Waals surface area contributed by atoms with E-state index >= 15 is 0 Å². The van der Waals surface area contributed by atoms with Gasteiger partial charge < -0.3 is 15.3 Å². The first-order valence-corrected chi connectivity index (χ1v) is 7.97. The third-order valence-corrected chi connectivity index (χ3v) is 4.78. The van der Waals surface area contributed by atoms with E-state index in [9.17, 15) is 4.79 Å². The van der Waals surface area contributed by atoms with Crippen molar-refractivity contribution >= 4 is 5.97 Å². The van der Waals surface area contributed by atoms with Crippen molar-refractivity contribution in [2.24, 2.45) is 23.5 Å². The van der Waals surface area contributed by atoms with E-state index in [2.05, 4.69) is 0 Å². The highest BCUT2D eigenvalue weighted by atomic mass is 16.7. The molecule has 1 aromatic rings. The van der Waals surface area contributed by atoms with Gasteiger partial charge in [-0.3, -0.25) is 4.79 Å². The highest BCUT2D eigenvalue weighted by Gasteiger charge is 2.48. The van der Waals surface area contributed by atoms with Gasteiger partial charge in [0.05, 0.1) is 19.2 Å². The number of hydroxylamine groups is 2. The highest BCUT2D eigenvalue weighted by molar-refractivity contribution is 5.73. The van der Waals surface area contributed by atoms with E-state index in [-0.39, 0.29) is 24.0 Å². The lowest BCUT2D eigenvalue weighted by Gasteiger charge is -2.41. The van der Waals surface area contributed by atoms with Gasteiger partial charge in [0.2, 0.25) is 0 Å². The molecule has 3 unspecified atom stereocenters. The number of carbonyl (C=O) groups is 1. The van der Waals surface area contributed by atoms with Crippen LogP contribution in [0.1, 0.15) is 24.8 Å². The molecule has 0 amide bonds. The van der Waals surface area contributed by atoms with Crippen LogP contribution in [0.3, 0.4) is 0 Å². The van der Waals surface area contributed by atoms with Gasteiger partial charge in [0.1, 0.15) is 6.61 Å². The molecule has 1 aliphatic heterocycles. The van der Waals surface area contributed by atoms with Crippen LogP contribution in [0, 0.1) is 17.8 Å². The molecule has 5 heteroatoms. The van der Waals surface area contributed by atoms with Crippen LogP contribution in [0.2, 0.25) is 0 Å². The van der Waals surface area contributed by atoms with E-state index in [0.717, 1.165) is 24.8 Å². The largest absolute Gasteiger partial charge is 0.461 e. The fraction of sp³-hybridized carbons (Fsp3) is 0.588. The van der Waals surface area contributed by atoms with Crippen LogP contribution in [0.25, 0.3) is 0 Å². The molecule has 1 aliphatic carbocycles. The van der Waals surface area contributed by atoms with Crippen molar-refractivity contribution in [3.8, 4) is 0 Å². The fourth-order valence-electron chi connectivity index (χ4n) is 3.45. The third-order valence-electron chi connectivity index (χ3n) is 4.78. The van der Waals surface area contributed by atoms with Crippen molar-refractivity contribution in [1.82, 2.24) is 5.06 Å². The number of nitrogens with two attached hydrogens (primary N) is 1. The van der Waals surface area contributed by atoms with Gasteiger partial charge in [-0.05, 0) is 30.7 Å². The Kier molecular flexibility index (Phi) is 4.76. The Hall–Kier alpha value is -1.43. The molecule has 1 aromatic carbocycles. The molecule has 3 rings (SSSR count). The second-order valence-corrected chi connectivity index (χ2v) is 6.22. The molecule has 2 N–H and O–H groups in total. The lowest BCUT2D eigenvalue weighted by atomic mass is 9.80. The molecule has 3 atom stereocenters. The summed E-state index contributed by atoms with van der Waals surface area (Å²) in [5.74, 6) is 0.434. The zero-order chi connectivity index (χ0) is 15.5. The first-order chi connectivity index (χ1) is 10.7. The Morgan fingerprint density at radius 2 is 2.00 bits per heavy atom. The highest BCUT2D eigenvalue weighted by Crippen LogP contribution is 2.45. The van der Waals surface area contributed by atoms with Crippen molar-refractivity contribution in [3.05, 3.63) is 35.9 Å². The molecule has 2 fully saturated rings. The van der Waals surface area contributed by atoms with Crippen LogP contribution in [0.4, 0.5) is 0 Å². The van der Waals surface area contributed by atoms with Gasteiger partial charge in [-0.15, -0.1) is 0 Å². The van der Waals surface area contributed by atoms with E-state index in [1.54, 1.807) is 12.2 Å². The van der Waals surface area contributed by atoms with Gasteiger partial charge in [-0.2, -0.15) is 5.06 Å². The topological polar surface area (TPSA) is 64.8 Å². The Bertz CT molecular complexity index is 504. The maximum Gasteiger partial charge on any atom is 0.309 e. The zero-order valence-corrected chi connectivity index (χ0v) is 13.0. The van der Waals surface area contributed by atoms with Gasteiger partial charge in [0.15, 0.2) is 0 Å². The van der Waals surface area contributed by atoms with E-state index in [4.69, 9.17) is 15.3 Å². The molecule has 2 aliphatic rings. The van der Waals surface area contributed by atoms with E-state index < -0.39 is 0 Å². The Balaban J connectivity index is 1.63. The molecule has 0 radical (unpaired) electrons. The Morgan fingerprint density at radius 1 is 1.27 bits per heavy atom.